The summed E-state index contributed by atoms with van der Waals surface area (Å²) in [6.45, 7) is 6.70. The van der Waals surface area contributed by atoms with Crippen LogP contribution in [0.1, 0.15) is 46.5 Å². The third-order valence-electron chi connectivity index (χ3n) is 4.17. The van der Waals surface area contributed by atoms with E-state index in [0.717, 1.165) is 32.2 Å². The summed E-state index contributed by atoms with van der Waals surface area (Å²) in [6, 6.07) is -0.307. The molecule has 3 unspecified atom stereocenters. The molecule has 0 radical (unpaired) electrons. The lowest BCUT2D eigenvalue weighted by Crippen LogP contribution is -2.66. The van der Waals surface area contributed by atoms with Crippen molar-refractivity contribution in [1.29, 1.82) is 0 Å². The Morgan fingerprint density at radius 2 is 2.00 bits per heavy atom. The number of carbonyl (C=O) groups is 2. The molecule has 2 heterocycles. The summed E-state index contributed by atoms with van der Waals surface area (Å²) >= 11 is 0. The number of hydrogen-bond donors (Lipinski definition) is 0. The van der Waals surface area contributed by atoms with Crippen molar-refractivity contribution in [1.82, 2.24) is 9.80 Å². The predicted molar refractivity (Wildman–Crippen MR) is 65.4 cm³/mol. The van der Waals surface area contributed by atoms with Crippen molar-refractivity contribution in [2.24, 2.45) is 0 Å². The van der Waals surface area contributed by atoms with Gasteiger partial charge in [-0.3, -0.25) is 9.59 Å². The second kappa shape index (κ2) is 4.67. The third kappa shape index (κ3) is 1.94. The Hall–Kier alpha value is -1.06. The average molecular weight is 238 g/mol. The molecule has 4 heteroatoms. The minimum atomic E-state index is -0.285. The molecule has 4 nitrogen and oxygen atoms in total. The van der Waals surface area contributed by atoms with Gasteiger partial charge in [0.05, 0.1) is 0 Å². The van der Waals surface area contributed by atoms with E-state index in [2.05, 4.69) is 6.92 Å². The Kier molecular flexibility index (Phi) is 3.40. The number of hydrogen-bond acceptors (Lipinski definition) is 2. The van der Waals surface area contributed by atoms with Crippen molar-refractivity contribution in [3.63, 3.8) is 0 Å². The standard InChI is InChI=1S/C13H22N2O2/c1-4-9(2)15-10(3)12(16)14-8-6-5-7-11(14)13(15)17/h9-11H,4-8H2,1-3H3. The number of piperazine rings is 1. The van der Waals surface area contributed by atoms with Crippen LogP contribution in [0.4, 0.5) is 0 Å². The monoisotopic (exact) mass is 238 g/mol. The van der Waals surface area contributed by atoms with Crippen LogP contribution in [0.3, 0.4) is 0 Å². The molecule has 0 N–H and O–H groups in total. The van der Waals surface area contributed by atoms with Crippen molar-refractivity contribution >= 4 is 11.8 Å². The highest BCUT2D eigenvalue weighted by Crippen LogP contribution is 2.27. The van der Waals surface area contributed by atoms with Gasteiger partial charge in [-0.2, -0.15) is 0 Å². The van der Waals surface area contributed by atoms with Crippen LogP contribution in [-0.2, 0) is 9.59 Å². The molecule has 0 aliphatic carbocycles. The summed E-state index contributed by atoms with van der Waals surface area (Å²) in [5.41, 5.74) is 0. The van der Waals surface area contributed by atoms with Crippen LogP contribution in [-0.4, -0.2) is 46.3 Å². The SMILES string of the molecule is CCC(C)N1C(=O)C2CCCCN2C(=O)C1C. The van der Waals surface area contributed by atoms with Gasteiger partial charge in [0.15, 0.2) is 0 Å². The highest BCUT2D eigenvalue weighted by atomic mass is 16.2. The van der Waals surface area contributed by atoms with Gasteiger partial charge in [-0.15, -0.1) is 0 Å². The molecule has 0 bridgehead atoms. The fourth-order valence-electron chi connectivity index (χ4n) is 2.97. The quantitative estimate of drug-likeness (QED) is 0.729. The Balaban J connectivity index is 2.25. The molecule has 2 rings (SSSR count). The lowest BCUT2D eigenvalue weighted by molar-refractivity contribution is -0.165. The molecule has 2 fully saturated rings. The molecule has 2 amide bonds. The van der Waals surface area contributed by atoms with E-state index < -0.39 is 0 Å². The van der Waals surface area contributed by atoms with Crippen LogP contribution in [0.2, 0.25) is 0 Å². The summed E-state index contributed by atoms with van der Waals surface area (Å²) in [5, 5.41) is 0. The maximum Gasteiger partial charge on any atom is 0.246 e. The van der Waals surface area contributed by atoms with Gasteiger partial charge in [-0.25, -0.2) is 0 Å². The highest BCUT2D eigenvalue weighted by Gasteiger charge is 2.45. The van der Waals surface area contributed by atoms with E-state index in [1.807, 2.05) is 13.8 Å². The van der Waals surface area contributed by atoms with Crippen LogP contribution in [0.5, 0.6) is 0 Å². The van der Waals surface area contributed by atoms with Crippen molar-refractivity contribution in [3.8, 4) is 0 Å². The normalized spacial score (nSPS) is 31.5. The molecule has 2 saturated heterocycles. The van der Waals surface area contributed by atoms with Gasteiger partial charge in [0, 0.05) is 12.6 Å². The number of piperidine rings is 1. The van der Waals surface area contributed by atoms with Gasteiger partial charge in [0.1, 0.15) is 12.1 Å². The highest BCUT2D eigenvalue weighted by molar-refractivity contribution is 5.97. The zero-order chi connectivity index (χ0) is 12.6. The van der Waals surface area contributed by atoms with Crippen LogP contribution in [0, 0.1) is 0 Å². The Morgan fingerprint density at radius 3 is 2.65 bits per heavy atom. The zero-order valence-corrected chi connectivity index (χ0v) is 11.0. The average Bonchev–Trinajstić information content (AvgIpc) is 2.36. The molecule has 0 aromatic carbocycles. The van der Waals surface area contributed by atoms with Crippen molar-refractivity contribution in [2.75, 3.05) is 6.54 Å². The van der Waals surface area contributed by atoms with E-state index in [1.165, 1.54) is 0 Å². The first kappa shape index (κ1) is 12.4. The number of amides is 2. The number of rotatable bonds is 2. The lowest BCUT2D eigenvalue weighted by Gasteiger charge is -2.48. The molecule has 0 saturated carbocycles. The largest absolute Gasteiger partial charge is 0.329 e. The molecule has 0 aromatic rings. The van der Waals surface area contributed by atoms with Gasteiger partial charge in [-0.1, -0.05) is 6.92 Å². The minimum Gasteiger partial charge on any atom is -0.329 e. The Labute approximate surface area is 103 Å². The fraction of sp³-hybridized carbons (Fsp3) is 0.846. The smallest absolute Gasteiger partial charge is 0.246 e. The molecule has 2 aliphatic rings. The number of nitrogens with zero attached hydrogens (tertiary/aromatic N) is 2. The van der Waals surface area contributed by atoms with Crippen LogP contribution >= 0.6 is 0 Å². The maximum atomic E-state index is 12.4. The van der Waals surface area contributed by atoms with E-state index >= 15 is 0 Å². The van der Waals surface area contributed by atoms with Crippen LogP contribution < -0.4 is 0 Å². The molecule has 17 heavy (non-hydrogen) atoms. The summed E-state index contributed by atoms with van der Waals surface area (Å²) in [5.74, 6) is 0.292. The van der Waals surface area contributed by atoms with Gasteiger partial charge >= 0.3 is 0 Å². The molecular weight excluding hydrogens is 216 g/mol. The van der Waals surface area contributed by atoms with E-state index in [9.17, 15) is 9.59 Å². The molecule has 2 aliphatic heterocycles. The molecule has 96 valence electrons. The zero-order valence-electron chi connectivity index (χ0n) is 11.0. The molecule has 0 spiro atoms. The second-order valence-corrected chi connectivity index (χ2v) is 5.22. The first-order chi connectivity index (χ1) is 8.07. The fourth-order valence-corrected chi connectivity index (χ4v) is 2.97. The molecular formula is C13H22N2O2. The third-order valence-corrected chi connectivity index (χ3v) is 4.17. The van der Waals surface area contributed by atoms with Gasteiger partial charge in [0.25, 0.3) is 0 Å². The van der Waals surface area contributed by atoms with E-state index in [1.54, 1.807) is 9.80 Å². The summed E-state index contributed by atoms with van der Waals surface area (Å²) in [7, 11) is 0. The van der Waals surface area contributed by atoms with E-state index in [0.29, 0.717) is 0 Å². The topological polar surface area (TPSA) is 40.6 Å². The van der Waals surface area contributed by atoms with Gasteiger partial charge in [-0.05, 0) is 39.5 Å². The number of fused-ring (bicyclic) bond motifs is 1. The summed E-state index contributed by atoms with van der Waals surface area (Å²) in [6.07, 6.45) is 3.83. The van der Waals surface area contributed by atoms with E-state index in [-0.39, 0.29) is 29.9 Å². The molecule has 3 atom stereocenters. The van der Waals surface area contributed by atoms with Crippen molar-refractivity contribution in [3.05, 3.63) is 0 Å². The lowest BCUT2D eigenvalue weighted by atomic mass is 9.94. The van der Waals surface area contributed by atoms with Crippen molar-refractivity contribution in [2.45, 2.75) is 64.6 Å². The maximum absolute atomic E-state index is 12.4. The molecule has 0 aromatic heterocycles. The minimum absolute atomic E-state index is 0.134. The first-order valence-corrected chi connectivity index (χ1v) is 6.70. The first-order valence-electron chi connectivity index (χ1n) is 6.70. The van der Waals surface area contributed by atoms with Crippen molar-refractivity contribution < 1.29 is 9.59 Å². The van der Waals surface area contributed by atoms with E-state index in [4.69, 9.17) is 0 Å². The predicted octanol–water partition coefficient (Wildman–Crippen LogP) is 1.40. The van der Waals surface area contributed by atoms with Crippen LogP contribution in [0.15, 0.2) is 0 Å². The van der Waals surface area contributed by atoms with Gasteiger partial charge in [0.2, 0.25) is 11.8 Å². The summed E-state index contributed by atoms with van der Waals surface area (Å²) in [4.78, 5) is 28.3. The Bertz CT molecular complexity index is 329. The Morgan fingerprint density at radius 1 is 1.29 bits per heavy atom. The number of carbonyl (C=O) groups excluding carboxylic acids is 2. The second-order valence-electron chi connectivity index (χ2n) is 5.22. The van der Waals surface area contributed by atoms with Gasteiger partial charge < -0.3 is 9.80 Å². The summed E-state index contributed by atoms with van der Waals surface area (Å²) < 4.78 is 0. The van der Waals surface area contributed by atoms with Crippen LogP contribution in [0.25, 0.3) is 0 Å².